The van der Waals surface area contributed by atoms with E-state index in [4.69, 9.17) is 0 Å². The molecule has 0 aliphatic rings. The maximum Gasteiger partial charge on any atom is 0.312 e. The van der Waals surface area contributed by atoms with E-state index in [0.717, 1.165) is 11.1 Å². The van der Waals surface area contributed by atoms with Crippen LogP contribution < -0.4 is 5.32 Å². The zero-order valence-corrected chi connectivity index (χ0v) is 13.0. The summed E-state index contributed by atoms with van der Waals surface area (Å²) < 4.78 is 13.7. The molecule has 0 amide bonds. The second kappa shape index (κ2) is 6.72. The molecule has 110 valence electrons. The van der Waals surface area contributed by atoms with Crippen LogP contribution in [0.4, 0.5) is 10.1 Å². The molecular formula is C16H15BrFNO2. The Kier molecular flexibility index (Phi) is 4.96. The minimum absolute atomic E-state index is 0.234. The molecule has 1 unspecified atom stereocenters. The first-order chi connectivity index (χ1) is 9.99. The lowest BCUT2D eigenvalue weighted by atomic mass is 9.99. The molecule has 0 spiro atoms. The fraction of sp³-hybridized carbons (Fsp3) is 0.188. The van der Waals surface area contributed by atoms with Gasteiger partial charge in [-0.25, -0.2) is 4.39 Å². The smallest absolute Gasteiger partial charge is 0.312 e. The number of hydrogen-bond acceptors (Lipinski definition) is 2. The van der Waals surface area contributed by atoms with Gasteiger partial charge in [-0.3, -0.25) is 4.79 Å². The predicted octanol–water partition coefficient (Wildman–Crippen LogP) is 4.18. The fourth-order valence-corrected chi connectivity index (χ4v) is 2.43. The van der Waals surface area contributed by atoms with Crippen LogP contribution in [0.25, 0.3) is 0 Å². The molecule has 2 rings (SSSR count). The van der Waals surface area contributed by atoms with Crippen LogP contribution in [0.3, 0.4) is 0 Å². The van der Waals surface area contributed by atoms with Gasteiger partial charge >= 0.3 is 5.97 Å². The number of carboxylic acids is 1. The molecule has 0 aliphatic carbocycles. The largest absolute Gasteiger partial charge is 0.481 e. The Morgan fingerprint density at radius 1 is 1.33 bits per heavy atom. The highest BCUT2D eigenvalue weighted by atomic mass is 79.9. The summed E-state index contributed by atoms with van der Waals surface area (Å²) in [6.45, 7) is 2.01. The number of benzene rings is 2. The summed E-state index contributed by atoms with van der Waals surface area (Å²) in [6, 6.07) is 12.1. The Hall–Kier alpha value is -1.88. The second-order valence-electron chi connectivity index (χ2n) is 4.76. The van der Waals surface area contributed by atoms with E-state index in [-0.39, 0.29) is 12.4 Å². The van der Waals surface area contributed by atoms with E-state index < -0.39 is 11.9 Å². The number of carboxylic acid groups (broad SMARTS) is 1. The molecule has 1 atom stereocenters. The van der Waals surface area contributed by atoms with Crippen molar-refractivity contribution in [2.75, 3.05) is 11.9 Å². The van der Waals surface area contributed by atoms with Gasteiger partial charge in [0.25, 0.3) is 0 Å². The first-order valence-corrected chi connectivity index (χ1v) is 7.25. The van der Waals surface area contributed by atoms with Crippen LogP contribution in [0, 0.1) is 12.7 Å². The first kappa shape index (κ1) is 15.5. The molecule has 5 heteroatoms. The van der Waals surface area contributed by atoms with E-state index in [1.165, 1.54) is 6.07 Å². The van der Waals surface area contributed by atoms with E-state index in [9.17, 15) is 14.3 Å². The van der Waals surface area contributed by atoms with Crippen LogP contribution in [0.5, 0.6) is 0 Å². The van der Waals surface area contributed by atoms with Crippen LogP contribution in [0.2, 0.25) is 0 Å². The third-order valence-electron chi connectivity index (χ3n) is 3.26. The molecule has 0 radical (unpaired) electrons. The van der Waals surface area contributed by atoms with E-state index in [1.807, 2.05) is 18.2 Å². The van der Waals surface area contributed by atoms with Gasteiger partial charge in [-0.15, -0.1) is 0 Å². The summed E-state index contributed by atoms with van der Waals surface area (Å²) in [5, 5.41) is 12.4. The molecule has 2 N–H and O–H groups in total. The predicted molar refractivity (Wildman–Crippen MR) is 84.1 cm³/mol. The zero-order valence-electron chi connectivity index (χ0n) is 11.4. The van der Waals surface area contributed by atoms with Crippen molar-refractivity contribution in [2.45, 2.75) is 12.8 Å². The Labute approximate surface area is 130 Å². The summed E-state index contributed by atoms with van der Waals surface area (Å²) in [6.07, 6.45) is 0. The molecule has 0 aliphatic heterocycles. The highest BCUT2D eigenvalue weighted by Crippen LogP contribution is 2.25. The normalized spacial score (nSPS) is 12.0. The number of nitrogens with one attached hydrogen (secondary N) is 1. The number of anilines is 1. The average molecular weight is 352 g/mol. The van der Waals surface area contributed by atoms with Crippen molar-refractivity contribution in [3.8, 4) is 0 Å². The molecule has 0 aromatic heterocycles. The topological polar surface area (TPSA) is 49.3 Å². The van der Waals surface area contributed by atoms with Crippen molar-refractivity contribution in [1.82, 2.24) is 0 Å². The maximum absolute atomic E-state index is 13.4. The fourth-order valence-electron chi connectivity index (χ4n) is 2.08. The highest BCUT2D eigenvalue weighted by molar-refractivity contribution is 9.10. The Morgan fingerprint density at radius 3 is 2.62 bits per heavy atom. The van der Waals surface area contributed by atoms with E-state index in [1.54, 1.807) is 25.1 Å². The van der Waals surface area contributed by atoms with E-state index in [2.05, 4.69) is 21.2 Å². The van der Waals surface area contributed by atoms with Gasteiger partial charge in [-0.05, 0) is 46.1 Å². The number of halogens is 2. The molecule has 3 nitrogen and oxygen atoms in total. The van der Waals surface area contributed by atoms with Gasteiger partial charge < -0.3 is 10.4 Å². The summed E-state index contributed by atoms with van der Waals surface area (Å²) in [5.41, 5.74) is 2.18. The van der Waals surface area contributed by atoms with Gasteiger partial charge in [-0.2, -0.15) is 0 Å². The lowest BCUT2D eigenvalue weighted by Crippen LogP contribution is -2.21. The number of carbonyl (C=O) groups is 1. The first-order valence-electron chi connectivity index (χ1n) is 6.46. The van der Waals surface area contributed by atoms with Gasteiger partial charge in [0.2, 0.25) is 0 Å². The van der Waals surface area contributed by atoms with Crippen LogP contribution in [-0.2, 0) is 4.79 Å². The van der Waals surface area contributed by atoms with E-state index >= 15 is 0 Å². The second-order valence-corrected chi connectivity index (χ2v) is 5.62. The number of aliphatic carboxylic acids is 1. The summed E-state index contributed by atoms with van der Waals surface area (Å²) in [4.78, 5) is 11.4. The van der Waals surface area contributed by atoms with E-state index in [0.29, 0.717) is 10.2 Å². The molecule has 21 heavy (non-hydrogen) atoms. The Balaban J connectivity index is 2.17. The Bertz CT molecular complexity index is 646. The molecule has 0 saturated heterocycles. The molecule has 0 heterocycles. The van der Waals surface area contributed by atoms with Crippen molar-refractivity contribution in [1.29, 1.82) is 0 Å². The number of rotatable bonds is 5. The lowest BCUT2D eigenvalue weighted by Gasteiger charge is -2.16. The van der Waals surface area contributed by atoms with Gasteiger partial charge in [0.15, 0.2) is 0 Å². The molecule has 2 aromatic rings. The highest BCUT2D eigenvalue weighted by Gasteiger charge is 2.19. The zero-order chi connectivity index (χ0) is 15.4. The van der Waals surface area contributed by atoms with Crippen molar-refractivity contribution in [2.24, 2.45) is 0 Å². The standard InChI is InChI=1S/C16H15BrFNO2/c1-10-7-14(18)13(17)8-15(10)19-9-12(16(20)21)11-5-3-2-4-6-11/h2-8,12,19H,9H2,1H3,(H,20,21). The molecule has 0 saturated carbocycles. The average Bonchev–Trinajstić information content (AvgIpc) is 2.45. The van der Waals surface area contributed by atoms with Gasteiger partial charge in [0.05, 0.1) is 10.4 Å². The van der Waals surface area contributed by atoms with Gasteiger partial charge in [0, 0.05) is 12.2 Å². The molecule has 2 aromatic carbocycles. The SMILES string of the molecule is Cc1cc(F)c(Br)cc1NCC(C(=O)O)c1ccccc1. The third kappa shape index (κ3) is 3.82. The lowest BCUT2D eigenvalue weighted by molar-refractivity contribution is -0.138. The number of aryl methyl sites for hydroxylation is 1. The Morgan fingerprint density at radius 2 is 2.00 bits per heavy atom. The van der Waals surface area contributed by atoms with Gasteiger partial charge in [0.1, 0.15) is 5.82 Å². The minimum atomic E-state index is -0.896. The van der Waals surface area contributed by atoms with Crippen LogP contribution in [-0.4, -0.2) is 17.6 Å². The van der Waals surface area contributed by atoms with Crippen LogP contribution in [0.1, 0.15) is 17.0 Å². The quantitative estimate of drug-likeness (QED) is 0.849. The monoisotopic (exact) mass is 351 g/mol. The number of hydrogen-bond donors (Lipinski definition) is 2. The van der Waals surface area contributed by atoms with Gasteiger partial charge in [-0.1, -0.05) is 30.3 Å². The minimum Gasteiger partial charge on any atom is -0.481 e. The van der Waals surface area contributed by atoms with Crippen molar-refractivity contribution in [3.63, 3.8) is 0 Å². The third-order valence-corrected chi connectivity index (χ3v) is 3.87. The van der Waals surface area contributed by atoms with Crippen molar-refractivity contribution >= 4 is 27.6 Å². The van der Waals surface area contributed by atoms with Crippen LogP contribution >= 0.6 is 15.9 Å². The summed E-state index contributed by atoms with van der Waals surface area (Å²) in [7, 11) is 0. The molecule has 0 fully saturated rings. The molecular weight excluding hydrogens is 337 g/mol. The van der Waals surface area contributed by atoms with Crippen molar-refractivity contribution in [3.05, 3.63) is 63.9 Å². The summed E-state index contributed by atoms with van der Waals surface area (Å²) >= 11 is 3.13. The molecule has 0 bridgehead atoms. The maximum atomic E-state index is 13.4. The van der Waals surface area contributed by atoms with Crippen LogP contribution in [0.15, 0.2) is 46.9 Å². The summed E-state index contributed by atoms with van der Waals surface area (Å²) in [5.74, 6) is -1.89. The van der Waals surface area contributed by atoms with Crippen molar-refractivity contribution < 1.29 is 14.3 Å².